The van der Waals surface area contributed by atoms with Crippen molar-refractivity contribution in [2.45, 2.75) is 31.8 Å². The van der Waals surface area contributed by atoms with Gasteiger partial charge in [0.2, 0.25) is 11.8 Å². The quantitative estimate of drug-likeness (QED) is 0.898. The molecule has 124 valence electrons. The van der Waals surface area contributed by atoms with Crippen LogP contribution in [0.5, 0.6) is 0 Å². The van der Waals surface area contributed by atoms with Crippen LogP contribution in [0.25, 0.3) is 6.08 Å². The van der Waals surface area contributed by atoms with Crippen molar-refractivity contribution in [2.75, 3.05) is 13.1 Å². The van der Waals surface area contributed by atoms with Gasteiger partial charge in [-0.15, -0.1) is 12.4 Å². The van der Waals surface area contributed by atoms with Crippen molar-refractivity contribution < 1.29 is 9.59 Å². The van der Waals surface area contributed by atoms with Crippen LogP contribution in [0.15, 0.2) is 30.5 Å². The first-order valence-corrected chi connectivity index (χ1v) is 7.65. The lowest BCUT2D eigenvalue weighted by Gasteiger charge is -2.33. The van der Waals surface area contributed by atoms with Crippen molar-refractivity contribution >= 4 is 30.3 Å². The summed E-state index contributed by atoms with van der Waals surface area (Å²) in [7, 11) is 0. The second-order valence-corrected chi connectivity index (χ2v) is 5.98. The lowest BCUT2D eigenvalue weighted by molar-refractivity contribution is -0.133. The molecule has 2 amide bonds. The molecule has 5 nitrogen and oxygen atoms in total. The van der Waals surface area contributed by atoms with Crippen molar-refractivity contribution in [3.63, 3.8) is 0 Å². The van der Waals surface area contributed by atoms with Crippen molar-refractivity contribution in [3.05, 3.63) is 41.6 Å². The Labute approximate surface area is 142 Å². The Morgan fingerprint density at radius 2 is 2.04 bits per heavy atom. The Bertz CT molecular complexity index is 632. The number of rotatable bonds is 2. The molecule has 1 fully saturated rings. The first-order valence-electron chi connectivity index (χ1n) is 7.65. The van der Waals surface area contributed by atoms with Crippen LogP contribution in [0.4, 0.5) is 0 Å². The molecule has 23 heavy (non-hydrogen) atoms. The highest BCUT2D eigenvalue weighted by atomic mass is 35.5. The van der Waals surface area contributed by atoms with Gasteiger partial charge in [-0.05, 0) is 23.6 Å². The van der Waals surface area contributed by atoms with E-state index in [9.17, 15) is 9.59 Å². The molecule has 1 saturated heterocycles. The van der Waals surface area contributed by atoms with E-state index >= 15 is 0 Å². The van der Waals surface area contributed by atoms with E-state index in [0.717, 1.165) is 17.5 Å². The fraction of sp³-hybridized carbons (Fsp3) is 0.412. The lowest BCUT2D eigenvalue weighted by Crippen LogP contribution is -2.37. The van der Waals surface area contributed by atoms with E-state index in [-0.39, 0.29) is 36.3 Å². The molecule has 2 aliphatic heterocycles. The van der Waals surface area contributed by atoms with E-state index in [1.807, 2.05) is 35.2 Å². The van der Waals surface area contributed by atoms with Crippen molar-refractivity contribution in [1.82, 2.24) is 9.80 Å². The van der Waals surface area contributed by atoms with Gasteiger partial charge in [-0.1, -0.05) is 24.3 Å². The van der Waals surface area contributed by atoms with E-state index in [0.29, 0.717) is 19.5 Å². The largest absolute Gasteiger partial charge is 0.341 e. The highest BCUT2D eigenvalue weighted by Crippen LogP contribution is 2.33. The summed E-state index contributed by atoms with van der Waals surface area (Å²) in [5.74, 6) is 0.0102. The molecular weight excluding hydrogens is 314 g/mol. The summed E-state index contributed by atoms with van der Waals surface area (Å²) in [6.07, 6.45) is 4.85. The van der Waals surface area contributed by atoms with E-state index in [2.05, 4.69) is 0 Å². The predicted molar refractivity (Wildman–Crippen MR) is 91.8 cm³/mol. The van der Waals surface area contributed by atoms with Crippen LogP contribution in [-0.2, 0) is 9.59 Å². The molecule has 6 heteroatoms. The summed E-state index contributed by atoms with van der Waals surface area (Å²) in [6, 6.07) is 7.74. The number of halogens is 1. The molecule has 0 spiro atoms. The van der Waals surface area contributed by atoms with Gasteiger partial charge in [-0.2, -0.15) is 0 Å². The molecule has 1 aromatic carbocycles. The van der Waals surface area contributed by atoms with E-state index < -0.39 is 0 Å². The number of amides is 2. The van der Waals surface area contributed by atoms with Crippen LogP contribution in [0.1, 0.15) is 36.9 Å². The first kappa shape index (κ1) is 17.5. The summed E-state index contributed by atoms with van der Waals surface area (Å²) in [4.78, 5) is 27.9. The van der Waals surface area contributed by atoms with E-state index in [1.54, 1.807) is 11.1 Å². The van der Waals surface area contributed by atoms with Gasteiger partial charge in [-0.3, -0.25) is 9.59 Å². The highest BCUT2D eigenvalue weighted by Gasteiger charge is 2.31. The summed E-state index contributed by atoms with van der Waals surface area (Å²) < 4.78 is 0. The topological polar surface area (TPSA) is 66.6 Å². The Balaban J connectivity index is 0.00000192. The van der Waals surface area contributed by atoms with Crippen LogP contribution in [0.3, 0.4) is 0 Å². The van der Waals surface area contributed by atoms with Crippen molar-refractivity contribution in [2.24, 2.45) is 5.73 Å². The molecule has 0 bridgehead atoms. The SMILES string of the molecule is CC(=O)N1C=Cc2ccccc2C1CC(=O)N1CC[C@@H](N)C1.Cl. The van der Waals surface area contributed by atoms with Gasteiger partial charge < -0.3 is 15.5 Å². The van der Waals surface area contributed by atoms with Gasteiger partial charge in [-0.25, -0.2) is 0 Å². The number of hydrogen-bond donors (Lipinski definition) is 1. The fourth-order valence-electron chi connectivity index (χ4n) is 3.22. The average Bonchev–Trinajstić information content (AvgIpc) is 2.94. The van der Waals surface area contributed by atoms with Crippen LogP contribution < -0.4 is 5.73 Å². The summed E-state index contributed by atoms with van der Waals surface area (Å²) in [5.41, 5.74) is 7.97. The standard InChI is InChI=1S/C17H21N3O2.ClH/c1-12(21)20-9-6-13-4-2-3-5-15(13)16(20)10-17(22)19-8-7-14(18)11-19;/h2-6,9,14,16H,7-8,10-11,18H2,1H3;1H/t14-,16?;/m1./s1. The van der Waals surface area contributed by atoms with E-state index in [1.165, 1.54) is 6.92 Å². The molecule has 2 heterocycles. The summed E-state index contributed by atoms with van der Waals surface area (Å²) in [6.45, 7) is 2.86. The number of carbonyl (C=O) groups is 2. The first-order chi connectivity index (χ1) is 10.6. The Hall–Kier alpha value is -1.85. The molecule has 2 N–H and O–H groups in total. The fourth-order valence-corrected chi connectivity index (χ4v) is 3.22. The summed E-state index contributed by atoms with van der Waals surface area (Å²) in [5, 5.41) is 0. The Morgan fingerprint density at radius 1 is 1.30 bits per heavy atom. The number of fused-ring (bicyclic) bond motifs is 1. The van der Waals surface area contributed by atoms with Crippen LogP contribution in [0.2, 0.25) is 0 Å². The third kappa shape index (κ3) is 3.57. The Kier molecular flexibility index (Phi) is 5.44. The van der Waals surface area contributed by atoms with Crippen LogP contribution in [-0.4, -0.2) is 40.7 Å². The number of likely N-dealkylation sites (tertiary alicyclic amines) is 1. The maximum absolute atomic E-state index is 12.5. The third-order valence-corrected chi connectivity index (χ3v) is 4.41. The van der Waals surface area contributed by atoms with Gasteiger partial charge in [0.25, 0.3) is 0 Å². The molecule has 1 aromatic rings. The maximum atomic E-state index is 12.5. The minimum atomic E-state index is -0.233. The molecule has 3 rings (SSSR count). The molecule has 0 aromatic heterocycles. The second kappa shape index (κ2) is 7.15. The molecule has 0 radical (unpaired) electrons. The van der Waals surface area contributed by atoms with E-state index in [4.69, 9.17) is 5.73 Å². The highest BCUT2D eigenvalue weighted by molar-refractivity contribution is 5.85. The third-order valence-electron chi connectivity index (χ3n) is 4.41. The monoisotopic (exact) mass is 335 g/mol. The minimum absolute atomic E-state index is 0. The lowest BCUT2D eigenvalue weighted by atomic mass is 9.93. The van der Waals surface area contributed by atoms with Gasteiger partial charge in [0, 0.05) is 32.3 Å². The molecular formula is C17H22ClN3O2. The zero-order chi connectivity index (χ0) is 15.7. The number of nitrogens with zero attached hydrogens (tertiary/aromatic N) is 2. The number of carbonyl (C=O) groups excluding carboxylic acids is 2. The van der Waals surface area contributed by atoms with Crippen LogP contribution in [0, 0.1) is 0 Å². The zero-order valence-corrected chi connectivity index (χ0v) is 14.0. The van der Waals surface area contributed by atoms with Crippen molar-refractivity contribution in [3.8, 4) is 0 Å². The molecule has 2 aliphatic rings. The van der Waals surface area contributed by atoms with Crippen molar-refractivity contribution in [1.29, 1.82) is 0 Å². The average molecular weight is 336 g/mol. The maximum Gasteiger partial charge on any atom is 0.225 e. The number of benzene rings is 1. The zero-order valence-electron chi connectivity index (χ0n) is 13.1. The van der Waals surface area contributed by atoms with Gasteiger partial charge in [0.15, 0.2) is 0 Å². The normalized spacial score (nSPS) is 22.5. The Morgan fingerprint density at radius 3 is 2.70 bits per heavy atom. The second-order valence-electron chi connectivity index (χ2n) is 5.98. The summed E-state index contributed by atoms with van der Waals surface area (Å²) >= 11 is 0. The molecule has 0 aliphatic carbocycles. The molecule has 0 saturated carbocycles. The predicted octanol–water partition coefficient (Wildman–Crippen LogP) is 1.93. The van der Waals surface area contributed by atoms with Gasteiger partial charge in [0.1, 0.15) is 0 Å². The minimum Gasteiger partial charge on any atom is -0.341 e. The van der Waals surface area contributed by atoms with Gasteiger partial charge >= 0.3 is 0 Å². The molecule has 1 unspecified atom stereocenters. The van der Waals surface area contributed by atoms with Crippen LogP contribution >= 0.6 is 12.4 Å². The smallest absolute Gasteiger partial charge is 0.225 e. The molecule has 2 atom stereocenters. The van der Waals surface area contributed by atoms with Gasteiger partial charge in [0.05, 0.1) is 12.5 Å². The number of hydrogen-bond acceptors (Lipinski definition) is 3. The number of nitrogens with two attached hydrogens (primary N) is 1.